The van der Waals surface area contributed by atoms with Crippen LogP contribution in [0.1, 0.15) is 18.4 Å². The summed E-state index contributed by atoms with van der Waals surface area (Å²) >= 11 is 2.26. The summed E-state index contributed by atoms with van der Waals surface area (Å²) in [6.45, 7) is 0.725. The molecule has 0 saturated heterocycles. The summed E-state index contributed by atoms with van der Waals surface area (Å²) in [5.41, 5.74) is 0.315. The summed E-state index contributed by atoms with van der Waals surface area (Å²) in [6, 6.07) is 8.06. The first-order valence-electron chi connectivity index (χ1n) is 4.67. The van der Waals surface area contributed by atoms with Crippen molar-refractivity contribution in [1.82, 2.24) is 0 Å². The molecule has 1 unspecified atom stereocenters. The molecule has 0 aliphatic carbocycles. The van der Waals surface area contributed by atoms with Crippen molar-refractivity contribution >= 4 is 28.8 Å². The van der Waals surface area contributed by atoms with Gasteiger partial charge in [0.1, 0.15) is 0 Å². The molecule has 74 valence electrons. The van der Waals surface area contributed by atoms with E-state index in [4.69, 9.17) is 0 Å². The summed E-state index contributed by atoms with van der Waals surface area (Å²) in [4.78, 5) is 4.13. The van der Waals surface area contributed by atoms with E-state index in [1.165, 1.54) is 3.57 Å². The molecule has 1 aromatic rings. The zero-order chi connectivity index (χ0) is 10.0. The zero-order valence-corrected chi connectivity index (χ0v) is 9.94. The Bertz CT molecular complexity index is 347. The predicted octanol–water partition coefficient (Wildman–Crippen LogP) is 2.34. The second-order valence-electron chi connectivity index (χ2n) is 3.58. The molecule has 1 N–H and O–H groups in total. The van der Waals surface area contributed by atoms with Crippen LogP contribution in [-0.4, -0.2) is 17.9 Å². The fraction of sp³-hybridized carbons (Fsp3) is 0.364. The van der Waals surface area contributed by atoms with Gasteiger partial charge >= 0.3 is 0 Å². The van der Waals surface area contributed by atoms with Gasteiger partial charge in [-0.25, -0.2) is 0 Å². The molecule has 1 aliphatic heterocycles. The maximum Gasteiger partial charge on any atom is 0.0963 e. The van der Waals surface area contributed by atoms with Gasteiger partial charge in [0.25, 0.3) is 0 Å². The van der Waals surface area contributed by atoms with Crippen molar-refractivity contribution in [1.29, 1.82) is 0 Å². The number of aliphatic imine (C=N–C) groups is 1. The smallest absolute Gasteiger partial charge is 0.0963 e. The maximum atomic E-state index is 10.3. The number of halogens is 1. The lowest BCUT2D eigenvalue weighted by molar-refractivity contribution is 0.0351. The number of rotatable bonds is 1. The van der Waals surface area contributed by atoms with Crippen LogP contribution in [0.25, 0.3) is 0 Å². The topological polar surface area (TPSA) is 32.6 Å². The van der Waals surface area contributed by atoms with E-state index in [2.05, 4.69) is 27.6 Å². The molecule has 1 heterocycles. The fourth-order valence-electron chi connectivity index (χ4n) is 1.68. The van der Waals surface area contributed by atoms with Crippen LogP contribution in [0.4, 0.5) is 0 Å². The summed E-state index contributed by atoms with van der Waals surface area (Å²) < 4.78 is 1.19. The highest BCUT2D eigenvalue weighted by molar-refractivity contribution is 14.1. The van der Waals surface area contributed by atoms with E-state index < -0.39 is 5.60 Å². The first-order chi connectivity index (χ1) is 6.71. The quantitative estimate of drug-likeness (QED) is 0.794. The molecule has 0 amide bonds. The summed E-state index contributed by atoms with van der Waals surface area (Å²) in [5, 5.41) is 10.3. The van der Waals surface area contributed by atoms with E-state index in [-0.39, 0.29) is 0 Å². The highest BCUT2D eigenvalue weighted by Gasteiger charge is 2.29. The van der Waals surface area contributed by atoms with Gasteiger partial charge in [0.15, 0.2) is 0 Å². The Morgan fingerprint density at radius 2 is 2.00 bits per heavy atom. The van der Waals surface area contributed by atoms with Gasteiger partial charge in [-0.1, -0.05) is 12.1 Å². The van der Waals surface area contributed by atoms with Crippen molar-refractivity contribution in [3.05, 3.63) is 33.4 Å². The van der Waals surface area contributed by atoms with Gasteiger partial charge in [0, 0.05) is 29.2 Å². The molecule has 0 radical (unpaired) electrons. The van der Waals surface area contributed by atoms with Gasteiger partial charge < -0.3 is 5.11 Å². The largest absolute Gasteiger partial charge is 0.385 e. The Kier molecular flexibility index (Phi) is 2.88. The Balaban J connectivity index is 2.29. The van der Waals surface area contributed by atoms with Crippen molar-refractivity contribution < 1.29 is 5.11 Å². The van der Waals surface area contributed by atoms with Gasteiger partial charge in [-0.2, -0.15) is 0 Å². The first-order valence-corrected chi connectivity index (χ1v) is 5.75. The third kappa shape index (κ3) is 1.98. The molecular weight excluding hydrogens is 289 g/mol. The van der Waals surface area contributed by atoms with Crippen molar-refractivity contribution in [3.63, 3.8) is 0 Å². The third-order valence-electron chi connectivity index (χ3n) is 2.59. The number of aliphatic hydroxyl groups is 1. The highest BCUT2D eigenvalue weighted by Crippen LogP contribution is 2.30. The first kappa shape index (κ1) is 10.1. The molecule has 2 nitrogen and oxygen atoms in total. The normalized spacial score (nSPS) is 26.4. The van der Waals surface area contributed by atoms with Crippen molar-refractivity contribution in [2.24, 2.45) is 4.99 Å². The van der Waals surface area contributed by atoms with E-state index in [9.17, 15) is 5.11 Å². The number of benzene rings is 1. The van der Waals surface area contributed by atoms with Crippen LogP contribution in [-0.2, 0) is 5.60 Å². The van der Waals surface area contributed by atoms with Crippen LogP contribution >= 0.6 is 22.6 Å². The van der Waals surface area contributed by atoms with Crippen LogP contribution < -0.4 is 0 Å². The minimum Gasteiger partial charge on any atom is -0.385 e. The van der Waals surface area contributed by atoms with Gasteiger partial charge in [-0.15, -0.1) is 0 Å². The molecule has 0 spiro atoms. The molecule has 3 heteroatoms. The Hall–Kier alpha value is -0.420. The average molecular weight is 301 g/mol. The van der Waals surface area contributed by atoms with Crippen LogP contribution in [0.5, 0.6) is 0 Å². The van der Waals surface area contributed by atoms with Gasteiger partial charge in [-0.3, -0.25) is 4.99 Å². The molecule has 1 atom stereocenters. The molecule has 1 aliphatic rings. The second-order valence-corrected chi connectivity index (χ2v) is 4.83. The van der Waals surface area contributed by atoms with Gasteiger partial charge in [0.05, 0.1) is 5.60 Å². The molecule has 0 fully saturated rings. The van der Waals surface area contributed by atoms with Crippen molar-refractivity contribution in [2.75, 3.05) is 6.54 Å². The zero-order valence-electron chi connectivity index (χ0n) is 7.78. The number of hydrogen-bond acceptors (Lipinski definition) is 2. The average Bonchev–Trinajstić information content (AvgIpc) is 2.19. The number of nitrogens with zero attached hydrogens (tertiary/aromatic N) is 1. The number of hydrogen-bond donors (Lipinski definition) is 1. The SMILES string of the molecule is OC1(c2ccc(I)cc2)CC=NCC1. The lowest BCUT2D eigenvalue weighted by Crippen LogP contribution is -2.29. The van der Waals surface area contributed by atoms with E-state index >= 15 is 0 Å². The van der Waals surface area contributed by atoms with Crippen LogP contribution in [0.15, 0.2) is 29.3 Å². The second kappa shape index (κ2) is 3.98. The lowest BCUT2D eigenvalue weighted by atomic mass is 9.86. The summed E-state index contributed by atoms with van der Waals surface area (Å²) in [6.07, 6.45) is 3.18. The van der Waals surface area contributed by atoms with Crippen molar-refractivity contribution in [3.8, 4) is 0 Å². The standard InChI is InChI=1S/C11H12INO/c12-10-3-1-9(2-4-10)11(14)5-7-13-8-6-11/h1-4,7,14H,5-6,8H2. The summed E-state index contributed by atoms with van der Waals surface area (Å²) in [7, 11) is 0. The fourth-order valence-corrected chi connectivity index (χ4v) is 2.04. The molecule has 0 saturated carbocycles. The highest BCUT2D eigenvalue weighted by atomic mass is 127. The minimum atomic E-state index is -0.688. The Morgan fingerprint density at radius 1 is 1.29 bits per heavy atom. The Labute approximate surface area is 97.2 Å². The van der Waals surface area contributed by atoms with E-state index in [1.54, 1.807) is 0 Å². The molecule has 2 rings (SSSR count). The van der Waals surface area contributed by atoms with Gasteiger partial charge in [-0.05, 0) is 40.3 Å². The Morgan fingerprint density at radius 3 is 2.57 bits per heavy atom. The minimum absolute atomic E-state index is 0.633. The molecule has 0 aromatic heterocycles. The van der Waals surface area contributed by atoms with E-state index in [0.717, 1.165) is 18.5 Å². The van der Waals surface area contributed by atoms with Crippen LogP contribution in [0.2, 0.25) is 0 Å². The summed E-state index contributed by atoms with van der Waals surface area (Å²) in [5.74, 6) is 0. The molecule has 1 aromatic carbocycles. The lowest BCUT2D eigenvalue weighted by Gasteiger charge is -2.29. The predicted molar refractivity (Wildman–Crippen MR) is 65.6 cm³/mol. The molecule has 14 heavy (non-hydrogen) atoms. The van der Waals surface area contributed by atoms with Crippen molar-refractivity contribution in [2.45, 2.75) is 18.4 Å². The van der Waals surface area contributed by atoms with E-state index in [0.29, 0.717) is 6.42 Å². The monoisotopic (exact) mass is 301 g/mol. The van der Waals surface area contributed by atoms with Gasteiger partial charge in [0.2, 0.25) is 0 Å². The van der Waals surface area contributed by atoms with E-state index in [1.807, 2.05) is 30.5 Å². The molecular formula is C11H12INO. The molecule has 0 bridgehead atoms. The third-order valence-corrected chi connectivity index (χ3v) is 3.31. The maximum absolute atomic E-state index is 10.3. The van der Waals surface area contributed by atoms with Crippen LogP contribution in [0.3, 0.4) is 0 Å². The van der Waals surface area contributed by atoms with Crippen LogP contribution in [0, 0.1) is 3.57 Å².